The molecule has 10 nitrogen and oxygen atoms in total. The first-order valence-corrected chi connectivity index (χ1v) is 9.75. The molecule has 0 radical (unpaired) electrons. The maximum atomic E-state index is 13.1. The van der Waals surface area contributed by atoms with E-state index in [1.54, 1.807) is 30.3 Å². The van der Waals surface area contributed by atoms with Gasteiger partial charge in [-0.1, -0.05) is 18.2 Å². The molecule has 166 valence electrons. The number of nitrogens with one attached hydrogen (secondary N) is 1. The lowest BCUT2D eigenvalue weighted by Crippen LogP contribution is -2.29. The molecule has 1 aliphatic rings. The molecule has 0 aliphatic carbocycles. The summed E-state index contributed by atoms with van der Waals surface area (Å²) in [5.41, 5.74) is 0.124. The van der Waals surface area contributed by atoms with Crippen LogP contribution >= 0.6 is 0 Å². The summed E-state index contributed by atoms with van der Waals surface area (Å²) in [7, 11) is 0. The van der Waals surface area contributed by atoms with Crippen LogP contribution < -0.4 is 10.2 Å². The topological polar surface area (TPSA) is 143 Å². The van der Waals surface area contributed by atoms with Gasteiger partial charge in [-0.15, -0.1) is 0 Å². The van der Waals surface area contributed by atoms with Crippen molar-refractivity contribution in [2.45, 2.75) is 13.0 Å². The monoisotopic (exact) mass is 447 g/mol. The molecule has 1 saturated heterocycles. The highest BCUT2D eigenvalue weighted by Crippen LogP contribution is 2.42. The molecule has 4 rings (SSSR count). The Bertz CT molecular complexity index is 1310. The molecule has 2 amide bonds. The number of aliphatic hydroxyl groups excluding tert-OH is 1. The number of ketones is 1. The van der Waals surface area contributed by atoms with Gasteiger partial charge in [0.05, 0.1) is 16.8 Å². The standard InChI is InChI=1S/C23H17N3O7/c1-13(27)24-15-6-3-7-16(12-15)25-20(18-9-4-10-33-18)19(22(29)23(25)30)21(28)14-5-2-8-17(11-14)26(31)32/h2-12,20,28H,1H3,(H,24,27)/b21-19-. The second kappa shape index (κ2) is 8.42. The van der Waals surface area contributed by atoms with Gasteiger partial charge >= 0.3 is 0 Å². The highest BCUT2D eigenvalue weighted by atomic mass is 16.6. The molecule has 2 aromatic carbocycles. The number of anilines is 2. The van der Waals surface area contributed by atoms with Crippen LogP contribution in [0.25, 0.3) is 5.76 Å². The Morgan fingerprint density at radius 2 is 1.88 bits per heavy atom. The number of amides is 2. The number of Topliss-reactive ketones (excluding diaryl/α,β-unsaturated/α-hetero) is 1. The normalized spacial score (nSPS) is 17.2. The molecule has 33 heavy (non-hydrogen) atoms. The fraction of sp³-hybridized carbons (Fsp3) is 0.0870. The van der Waals surface area contributed by atoms with Gasteiger partial charge in [-0.2, -0.15) is 0 Å². The lowest BCUT2D eigenvalue weighted by Gasteiger charge is -2.23. The number of carbonyl (C=O) groups is 3. The van der Waals surface area contributed by atoms with Crippen molar-refractivity contribution < 1.29 is 28.8 Å². The van der Waals surface area contributed by atoms with E-state index in [1.807, 2.05) is 0 Å². The minimum atomic E-state index is -1.13. The minimum absolute atomic E-state index is 0.00533. The Kier molecular flexibility index (Phi) is 5.49. The molecule has 0 saturated carbocycles. The van der Waals surface area contributed by atoms with Crippen molar-refractivity contribution in [1.82, 2.24) is 0 Å². The van der Waals surface area contributed by atoms with Crippen LogP contribution in [0.2, 0.25) is 0 Å². The first-order valence-electron chi connectivity index (χ1n) is 9.75. The Balaban J connectivity index is 1.89. The van der Waals surface area contributed by atoms with E-state index in [9.17, 15) is 29.6 Å². The molecule has 1 unspecified atom stereocenters. The summed E-state index contributed by atoms with van der Waals surface area (Å²) in [5.74, 6) is -2.60. The number of hydrogen-bond donors (Lipinski definition) is 2. The maximum absolute atomic E-state index is 13.1. The van der Waals surface area contributed by atoms with E-state index in [2.05, 4.69) is 5.32 Å². The minimum Gasteiger partial charge on any atom is -0.507 e. The number of benzene rings is 2. The summed E-state index contributed by atoms with van der Waals surface area (Å²) in [4.78, 5) is 49.2. The quantitative estimate of drug-likeness (QED) is 0.199. The van der Waals surface area contributed by atoms with Crippen LogP contribution in [0.1, 0.15) is 24.3 Å². The molecule has 2 heterocycles. The van der Waals surface area contributed by atoms with E-state index in [0.717, 1.165) is 11.0 Å². The number of hydrogen-bond acceptors (Lipinski definition) is 7. The number of non-ortho nitro benzene ring substituents is 1. The summed E-state index contributed by atoms with van der Waals surface area (Å²) >= 11 is 0. The smallest absolute Gasteiger partial charge is 0.300 e. The molecule has 2 N–H and O–H groups in total. The Morgan fingerprint density at radius 1 is 1.12 bits per heavy atom. The van der Waals surface area contributed by atoms with E-state index in [1.165, 1.54) is 37.5 Å². The third kappa shape index (κ3) is 3.97. The molecule has 1 atom stereocenters. The first kappa shape index (κ1) is 21.5. The lowest BCUT2D eigenvalue weighted by molar-refractivity contribution is -0.384. The van der Waals surface area contributed by atoms with Crippen LogP contribution in [0.5, 0.6) is 0 Å². The Morgan fingerprint density at radius 3 is 2.55 bits per heavy atom. The van der Waals surface area contributed by atoms with Crippen LogP contribution in [-0.4, -0.2) is 27.6 Å². The van der Waals surface area contributed by atoms with Crippen LogP contribution in [-0.2, 0) is 14.4 Å². The van der Waals surface area contributed by atoms with Crippen molar-refractivity contribution >= 4 is 40.4 Å². The van der Waals surface area contributed by atoms with Gasteiger partial charge in [-0.25, -0.2) is 0 Å². The SMILES string of the molecule is CC(=O)Nc1cccc(N2C(=O)C(=O)/C(=C(\O)c3cccc([N+](=O)[O-])c3)C2c2ccco2)c1. The van der Waals surface area contributed by atoms with Gasteiger partial charge in [-0.3, -0.25) is 29.4 Å². The third-order valence-corrected chi connectivity index (χ3v) is 5.03. The lowest BCUT2D eigenvalue weighted by atomic mass is 9.99. The summed E-state index contributed by atoms with van der Waals surface area (Å²) in [5, 5.41) is 24.7. The number of carbonyl (C=O) groups excluding carboxylic acids is 3. The van der Waals surface area contributed by atoms with Crippen molar-refractivity contribution in [3.05, 3.63) is 93.9 Å². The number of nitro groups is 1. The molecule has 1 aliphatic heterocycles. The average molecular weight is 447 g/mol. The van der Waals surface area contributed by atoms with Crippen LogP contribution in [0.3, 0.4) is 0 Å². The van der Waals surface area contributed by atoms with Gasteiger partial charge in [0, 0.05) is 36.0 Å². The Labute approximate surface area is 186 Å². The summed E-state index contributed by atoms with van der Waals surface area (Å²) in [6.07, 6.45) is 1.36. The number of nitro benzene ring substituents is 1. The second-order valence-corrected chi connectivity index (χ2v) is 7.22. The van der Waals surface area contributed by atoms with Crippen molar-refractivity contribution in [3.63, 3.8) is 0 Å². The number of furan rings is 1. The van der Waals surface area contributed by atoms with Crippen molar-refractivity contribution in [3.8, 4) is 0 Å². The fourth-order valence-electron chi connectivity index (χ4n) is 3.67. The van der Waals surface area contributed by atoms with E-state index in [4.69, 9.17) is 4.42 Å². The molecular weight excluding hydrogens is 430 g/mol. The molecule has 1 aromatic heterocycles. The van der Waals surface area contributed by atoms with Gasteiger partial charge in [0.15, 0.2) is 0 Å². The predicted octanol–water partition coefficient (Wildman–Crippen LogP) is 3.77. The molecule has 10 heteroatoms. The van der Waals surface area contributed by atoms with Crippen LogP contribution in [0, 0.1) is 10.1 Å². The molecule has 0 bridgehead atoms. The van der Waals surface area contributed by atoms with Gasteiger partial charge in [0.25, 0.3) is 17.4 Å². The summed E-state index contributed by atoms with van der Waals surface area (Å²) < 4.78 is 5.47. The zero-order valence-corrected chi connectivity index (χ0v) is 17.2. The zero-order valence-electron chi connectivity index (χ0n) is 17.2. The van der Waals surface area contributed by atoms with Crippen LogP contribution in [0.15, 0.2) is 76.9 Å². The van der Waals surface area contributed by atoms with E-state index < -0.39 is 28.4 Å². The van der Waals surface area contributed by atoms with Gasteiger partial charge < -0.3 is 14.8 Å². The fourth-order valence-corrected chi connectivity index (χ4v) is 3.67. The number of aliphatic hydroxyl groups is 1. The second-order valence-electron chi connectivity index (χ2n) is 7.22. The van der Waals surface area contributed by atoms with Gasteiger partial charge in [0.1, 0.15) is 17.6 Å². The van der Waals surface area contributed by atoms with Gasteiger partial charge in [-0.05, 0) is 30.3 Å². The summed E-state index contributed by atoms with van der Waals surface area (Å²) in [6.45, 7) is 1.33. The predicted molar refractivity (Wildman–Crippen MR) is 117 cm³/mol. The van der Waals surface area contributed by atoms with Crippen molar-refractivity contribution in [2.24, 2.45) is 0 Å². The first-order chi connectivity index (χ1) is 15.8. The molecule has 3 aromatic rings. The van der Waals surface area contributed by atoms with Crippen LogP contribution in [0.4, 0.5) is 17.1 Å². The third-order valence-electron chi connectivity index (χ3n) is 5.03. The summed E-state index contributed by atoms with van der Waals surface area (Å²) in [6, 6.07) is 13.4. The number of nitrogens with zero attached hydrogens (tertiary/aromatic N) is 2. The average Bonchev–Trinajstić information content (AvgIpc) is 3.40. The largest absolute Gasteiger partial charge is 0.507 e. The number of rotatable bonds is 5. The zero-order chi connectivity index (χ0) is 23.7. The van der Waals surface area contributed by atoms with E-state index in [-0.39, 0.29) is 34.2 Å². The van der Waals surface area contributed by atoms with Crippen molar-refractivity contribution in [1.29, 1.82) is 0 Å². The molecular formula is C23H17N3O7. The van der Waals surface area contributed by atoms with Gasteiger partial charge in [0.2, 0.25) is 5.91 Å². The van der Waals surface area contributed by atoms with Crippen molar-refractivity contribution in [2.75, 3.05) is 10.2 Å². The highest BCUT2D eigenvalue weighted by molar-refractivity contribution is 6.51. The maximum Gasteiger partial charge on any atom is 0.300 e. The molecule has 0 spiro atoms. The highest BCUT2D eigenvalue weighted by Gasteiger charge is 2.48. The van der Waals surface area contributed by atoms with E-state index >= 15 is 0 Å². The molecule has 1 fully saturated rings. The van der Waals surface area contributed by atoms with E-state index in [0.29, 0.717) is 5.69 Å². The Hall–Kier alpha value is -4.73.